The molecule has 0 saturated carbocycles. The average Bonchev–Trinajstić information content (AvgIpc) is 2.10. The highest BCUT2D eigenvalue weighted by molar-refractivity contribution is 5.86. The third kappa shape index (κ3) is 5.19. The predicted molar refractivity (Wildman–Crippen MR) is 47.7 cm³/mol. The van der Waals surface area contributed by atoms with E-state index in [1.165, 1.54) is 0 Å². The minimum absolute atomic E-state index is 0.0270. The van der Waals surface area contributed by atoms with Crippen LogP contribution >= 0.6 is 0 Å². The van der Waals surface area contributed by atoms with Crippen molar-refractivity contribution in [1.82, 2.24) is 5.32 Å². The quantitative estimate of drug-likeness (QED) is 0.506. The highest BCUT2D eigenvalue weighted by Gasteiger charge is 2.14. The van der Waals surface area contributed by atoms with E-state index < -0.39 is 11.9 Å². The molecule has 4 N–H and O–H groups in total. The van der Waals surface area contributed by atoms with E-state index in [-0.39, 0.29) is 18.9 Å². The first-order chi connectivity index (χ1) is 6.11. The van der Waals surface area contributed by atoms with E-state index in [1.54, 1.807) is 6.92 Å². The van der Waals surface area contributed by atoms with Crippen molar-refractivity contribution < 1.29 is 14.7 Å². The van der Waals surface area contributed by atoms with Gasteiger partial charge in [-0.3, -0.25) is 9.59 Å². The van der Waals surface area contributed by atoms with Crippen LogP contribution in [0, 0.1) is 0 Å². The van der Waals surface area contributed by atoms with E-state index >= 15 is 0 Å². The predicted octanol–water partition coefficient (Wildman–Crippen LogP) is -0.861. The fourth-order valence-corrected chi connectivity index (χ4v) is 0.880. The lowest BCUT2D eigenvalue weighted by Crippen LogP contribution is -2.43. The van der Waals surface area contributed by atoms with Gasteiger partial charge in [0.05, 0.1) is 0 Å². The van der Waals surface area contributed by atoms with Gasteiger partial charge in [-0.25, -0.2) is 0 Å². The zero-order chi connectivity index (χ0) is 10.3. The summed E-state index contributed by atoms with van der Waals surface area (Å²) in [5, 5.41) is 10.9. The van der Waals surface area contributed by atoms with Crippen molar-refractivity contribution in [2.75, 3.05) is 6.61 Å². The standard InChI is InChI=1S/C8H16N2O3/c1-2-6(8(9)13)10-7(12)4-3-5-11/h6,11H,2-5H2,1H3,(H2,9,13)(H,10,12). The highest BCUT2D eigenvalue weighted by atomic mass is 16.3. The number of rotatable bonds is 6. The summed E-state index contributed by atoms with van der Waals surface area (Å²) >= 11 is 0. The number of carbonyl (C=O) groups is 2. The molecule has 0 aliphatic carbocycles. The molecular weight excluding hydrogens is 172 g/mol. The Morgan fingerprint density at radius 3 is 2.54 bits per heavy atom. The Kier molecular flexibility index (Phi) is 5.88. The zero-order valence-electron chi connectivity index (χ0n) is 7.75. The molecule has 76 valence electrons. The number of nitrogens with two attached hydrogens (primary N) is 1. The van der Waals surface area contributed by atoms with Gasteiger partial charge in [-0.1, -0.05) is 6.92 Å². The fraction of sp³-hybridized carbons (Fsp3) is 0.750. The molecule has 0 aliphatic rings. The van der Waals surface area contributed by atoms with Crippen LogP contribution in [0.25, 0.3) is 0 Å². The van der Waals surface area contributed by atoms with E-state index in [0.717, 1.165) is 0 Å². The van der Waals surface area contributed by atoms with Gasteiger partial charge in [0.2, 0.25) is 11.8 Å². The Bertz CT molecular complexity index is 182. The number of aliphatic hydroxyl groups is 1. The summed E-state index contributed by atoms with van der Waals surface area (Å²) in [4.78, 5) is 21.7. The Balaban J connectivity index is 3.80. The molecule has 0 aromatic rings. The van der Waals surface area contributed by atoms with Gasteiger partial charge in [-0.05, 0) is 12.8 Å². The van der Waals surface area contributed by atoms with Gasteiger partial charge < -0.3 is 16.2 Å². The average molecular weight is 188 g/mol. The molecule has 5 nitrogen and oxygen atoms in total. The third-order valence-electron chi connectivity index (χ3n) is 1.65. The molecule has 0 bridgehead atoms. The molecule has 0 aliphatic heterocycles. The number of amides is 2. The SMILES string of the molecule is CCC(NC(=O)CCCO)C(N)=O. The third-order valence-corrected chi connectivity index (χ3v) is 1.65. The summed E-state index contributed by atoms with van der Waals surface area (Å²) in [6.45, 7) is 1.74. The van der Waals surface area contributed by atoms with Crippen LogP contribution in [-0.2, 0) is 9.59 Å². The topological polar surface area (TPSA) is 92.4 Å². The molecule has 0 saturated heterocycles. The van der Waals surface area contributed by atoms with Crippen LogP contribution in [0.5, 0.6) is 0 Å². The smallest absolute Gasteiger partial charge is 0.239 e. The van der Waals surface area contributed by atoms with Gasteiger partial charge in [0.15, 0.2) is 0 Å². The maximum absolute atomic E-state index is 11.0. The van der Waals surface area contributed by atoms with Crippen molar-refractivity contribution in [3.8, 4) is 0 Å². The van der Waals surface area contributed by atoms with Crippen molar-refractivity contribution in [3.05, 3.63) is 0 Å². The summed E-state index contributed by atoms with van der Waals surface area (Å²) in [5.74, 6) is -0.778. The van der Waals surface area contributed by atoms with Crippen LogP contribution in [0.3, 0.4) is 0 Å². The maximum atomic E-state index is 11.0. The first kappa shape index (κ1) is 11.9. The zero-order valence-corrected chi connectivity index (χ0v) is 7.75. The van der Waals surface area contributed by atoms with Crippen LogP contribution < -0.4 is 11.1 Å². The Morgan fingerprint density at radius 1 is 1.54 bits per heavy atom. The van der Waals surface area contributed by atoms with Crippen LogP contribution in [0.1, 0.15) is 26.2 Å². The van der Waals surface area contributed by atoms with E-state index in [0.29, 0.717) is 12.8 Å². The first-order valence-corrected chi connectivity index (χ1v) is 4.31. The van der Waals surface area contributed by atoms with E-state index in [4.69, 9.17) is 10.8 Å². The van der Waals surface area contributed by atoms with Gasteiger partial charge in [0, 0.05) is 13.0 Å². The molecule has 1 atom stereocenters. The Labute approximate surface area is 77.3 Å². The van der Waals surface area contributed by atoms with Crippen LogP contribution in [0.4, 0.5) is 0 Å². The molecular formula is C8H16N2O3. The minimum Gasteiger partial charge on any atom is -0.396 e. The van der Waals surface area contributed by atoms with Crippen LogP contribution in [0.2, 0.25) is 0 Å². The van der Waals surface area contributed by atoms with Gasteiger partial charge in [-0.2, -0.15) is 0 Å². The molecule has 0 spiro atoms. The fourth-order valence-electron chi connectivity index (χ4n) is 0.880. The first-order valence-electron chi connectivity index (χ1n) is 4.31. The normalized spacial score (nSPS) is 12.2. The van der Waals surface area contributed by atoms with Crippen LogP contribution in [0.15, 0.2) is 0 Å². The van der Waals surface area contributed by atoms with E-state index in [9.17, 15) is 9.59 Å². The van der Waals surface area contributed by atoms with E-state index in [2.05, 4.69) is 5.32 Å². The van der Waals surface area contributed by atoms with Crippen molar-refractivity contribution in [2.45, 2.75) is 32.2 Å². The molecule has 2 amide bonds. The molecule has 0 rings (SSSR count). The van der Waals surface area contributed by atoms with E-state index in [1.807, 2.05) is 0 Å². The van der Waals surface area contributed by atoms with Gasteiger partial charge in [0.1, 0.15) is 6.04 Å². The summed E-state index contributed by atoms with van der Waals surface area (Å²) in [7, 11) is 0. The Morgan fingerprint density at radius 2 is 2.15 bits per heavy atom. The molecule has 13 heavy (non-hydrogen) atoms. The molecule has 5 heteroatoms. The van der Waals surface area contributed by atoms with Crippen molar-refractivity contribution in [1.29, 1.82) is 0 Å². The second-order valence-electron chi connectivity index (χ2n) is 2.76. The number of primary amides is 1. The Hall–Kier alpha value is -1.10. The summed E-state index contributed by atoms with van der Waals surface area (Å²) < 4.78 is 0. The molecule has 0 heterocycles. The molecule has 0 radical (unpaired) electrons. The lowest BCUT2D eigenvalue weighted by molar-refractivity contribution is -0.127. The summed E-state index contributed by atoms with van der Waals surface area (Å²) in [6, 6.07) is -0.591. The highest BCUT2D eigenvalue weighted by Crippen LogP contribution is 1.93. The largest absolute Gasteiger partial charge is 0.396 e. The second-order valence-corrected chi connectivity index (χ2v) is 2.76. The lowest BCUT2D eigenvalue weighted by Gasteiger charge is -2.12. The number of hydrogen-bond acceptors (Lipinski definition) is 3. The maximum Gasteiger partial charge on any atom is 0.239 e. The number of hydrogen-bond donors (Lipinski definition) is 3. The van der Waals surface area contributed by atoms with Gasteiger partial charge in [-0.15, -0.1) is 0 Å². The van der Waals surface area contributed by atoms with Crippen molar-refractivity contribution in [2.24, 2.45) is 5.73 Å². The van der Waals surface area contributed by atoms with Gasteiger partial charge >= 0.3 is 0 Å². The monoisotopic (exact) mass is 188 g/mol. The number of nitrogens with one attached hydrogen (secondary N) is 1. The minimum atomic E-state index is -0.591. The molecule has 0 aromatic heterocycles. The molecule has 0 fully saturated rings. The van der Waals surface area contributed by atoms with Crippen molar-refractivity contribution >= 4 is 11.8 Å². The van der Waals surface area contributed by atoms with Crippen LogP contribution in [-0.4, -0.2) is 29.6 Å². The molecule has 0 aromatic carbocycles. The summed E-state index contributed by atoms with van der Waals surface area (Å²) in [5.41, 5.74) is 5.02. The van der Waals surface area contributed by atoms with Gasteiger partial charge in [0.25, 0.3) is 0 Å². The number of carbonyl (C=O) groups excluding carboxylic acids is 2. The lowest BCUT2D eigenvalue weighted by atomic mass is 10.2. The number of aliphatic hydroxyl groups excluding tert-OH is 1. The summed E-state index contributed by atoms with van der Waals surface area (Å²) in [6.07, 6.45) is 1.11. The second kappa shape index (κ2) is 6.42. The molecule has 1 unspecified atom stereocenters. The van der Waals surface area contributed by atoms with Crippen molar-refractivity contribution in [3.63, 3.8) is 0 Å².